The second kappa shape index (κ2) is 12.2. The molecule has 8 nitrogen and oxygen atoms in total. The van der Waals surface area contributed by atoms with Gasteiger partial charge in [0.1, 0.15) is 17.8 Å². The van der Waals surface area contributed by atoms with E-state index in [1.807, 2.05) is 13.0 Å². The Hall–Kier alpha value is -3.62. The Bertz CT molecular complexity index is 1170. The van der Waals surface area contributed by atoms with Crippen molar-refractivity contribution in [2.45, 2.75) is 65.5 Å². The summed E-state index contributed by atoms with van der Waals surface area (Å²) in [6.45, 7) is 5.39. The predicted octanol–water partition coefficient (Wildman–Crippen LogP) is 4.02. The first kappa shape index (κ1) is 26.0. The van der Waals surface area contributed by atoms with Crippen LogP contribution in [0.5, 0.6) is 0 Å². The van der Waals surface area contributed by atoms with Gasteiger partial charge in [0.2, 0.25) is 5.91 Å². The molecular formula is C26H33FN6O2. The maximum atomic E-state index is 13.3. The Morgan fingerprint density at radius 2 is 1.86 bits per heavy atom. The summed E-state index contributed by atoms with van der Waals surface area (Å²) in [6, 6.07) is 8.72. The normalized spacial score (nSPS) is 13.5. The minimum Gasteiger partial charge on any atom is -0.354 e. The zero-order valence-electron chi connectivity index (χ0n) is 20.8. The van der Waals surface area contributed by atoms with Gasteiger partial charge in [0.15, 0.2) is 5.82 Å². The van der Waals surface area contributed by atoms with Crippen LogP contribution in [0, 0.1) is 19.7 Å². The van der Waals surface area contributed by atoms with Crippen LogP contribution in [0.3, 0.4) is 0 Å². The molecule has 4 rings (SSSR count). The second-order valence-electron chi connectivity index (χ2n) is 8.93. The SMILES string of the molecule is CC(=O)NC1CCCCC1.Cc1cc(-c2ncn(C)n2)cc(C(=O)NCc2ccc(F)c(C)c2)n1. The van der Waals surface area contributed by atoms with Crippen molar-refractivity contribution >= 4 is 11.8 Å². The number of benzene rings is 1. The Kier molecular flexibility index (Phi) is 9.05. The molecule has 0 aliphatic heterocycles. The van der Waals surface area contributed by atoms with Crippen molar-refractivity contribution in [1.82, 2.24) is 30.4 Å². The van der Waals surface area contributed by atoms with Crippen LogP contribution in [0.1, 0.15) is 66.3 Å². The zero-order chi connectivity index (χ0) is 25.4. The van der Waals surface area contributed by atoms with Crippen LogP contribution in [0.25, 0.3) is 11.4 Å². The van der Waals surface area contributed by atoms with E-state index in [1.165, 1.54) is 38.2 Å². The summed E-state index contributed by atoms with van der Waals surface area (Å²) >= 11 is 0. The van der Waals surface area contributed by atoms with E-state index in [0.717, 1.165) is 11.1 Å². The third-order valence-corrected chi connectivity index (χ3v) is 5.73. The van der Waals surface area contributed by atoms with E-state index < -0.39 is 0 Å². The van der Waals surface area contributed by atoms with Gasteiger partial charge in [-0.05, 0) is 56.0 Å². The molecule has 2 N–H and O–H groups in total. The molecule has 1 aromatic carbocycles. The van der Waals surface area contributed by atoms with E-state index in [2.05, 4.69) is 25.7 Å². The maximum absolute atomic E-state index is 13.3. The molecule has 0 radical (unpaired) electrons. The lowest BCUT2D eigenvalue weighted by Crippen LogP contribution is -2.34. The maximum Gasteiger partial charge on any atom is 0.270 e. The highest BCUT2D eigenvalue weighted by atomic mass is 19.1. The number of pyridine rings is 1. The lowest BCUT2D eigenvalue weighted by molar-refractivity contribution is -0.119. The van der Waals surface area contributed by atoms with Crippen molar-refractivity contribution in [3.8, 4) is 11.4 Å². The zero-order valence-corrected chi connectivity index (χ0v) is 20.8. The van der Waals surface area contributed by atoms with E-state index in [-0.39, 0.29) is 17.6 Å². The van der Waals surface area contributed by atoms with Crippen LogP contribution in [0.4, 0.5) is 4.39 Å². The molecule has 1 aliphatic carbocycles. The second-order valence-corrected chi connectivity index (χ2v) is 8.93. The summed E-state index contributed by atoms with van der Waals surface area (Å²) in [6.07, 6.45) is 7.87. The van der Waals surface area contributed by atoms with Crippen molar-refractivity contribution in [1.29, 1.82) is 0 Å². The molecule has 1 saturated carbocycles. The minimum atomic E-state index is -0.303. The summed E-state index contributed by atoms with van der Waals surface area (Å²) < 4.78 is 14.9. The monoisotopic (exact) mass is 480 g/mol. The lowest BCUT2D eigenvalue weighted by atomic mass is 9.95. The van der Waals surface area contributed by atoms with E-state index >= 15 is 0 Å². The largest absolute Gasteiger partial charge is 0.354 e. The highest BCUT2D eigenvalue weighted by Gasteiger charge is 2.14. The van der Waals surface area contributed by atoms with Gasteiger partial charge in [-0.25, -0.2) is 14.4 Å². The molecule has 0 bridgehead atoms. The Morgan fingerprint density at radius 3 is 2.49 bits per heavy atom. The minimum absolute atomic E-state index is 0.118. The predicted molar refractivity (Wildman–Crippen MR) is 132 cm³/mol. The topological polar surface area (TPSA) is 102 Å². The fourth-order valence-corrected chi connectivity index (χ4v) is 4.01. The van der Waals surface area contributed by atoms with Crippen LogP contribution in [-0.2, 0) is 18.4 Å². The number of hydrogen-bond donors (Lipinski definition) is 2. The van der Waals surface area contributed by atoms with Crippen molar-refractivity contribution in [3.05, 3.63) is 65.0 Å². The van der Waals surface area contributed by atoms with Crippen LogP contribution >= 0.6 is 0 Å². The van der Waals surface area contributed by atoms with Crippen LogP contribution < -0.4 is 10.6 Å². The fourth-order valence-electron chi connectivity index (χ4n) is 4.01. The van der Waals surface area contributed by atoms with E-state index in [4.69, 9.17) is 0 Å². The lowest BCUT2D eigenvalue weighted by Gasteiger charge is -2.21. The van der Waals surface area contributed by atoms with Gasteiger partial charge in [-0.15, -0.1) is 0 Å². The third-order valence-electron chi connectivity index (χ3n) is 5.73. The van der Waals surface area contributed by atoms with Crippen LogP contribution in [0.15, 0.2) is 36.7 Å². The fraction of sp³-hybridized carbons (Fsp3) is 0.423. The number of hydrogen-bond acceptors (Lipinski definition) is 5. The number of aromatic nitrogens is 4. The number of carbonyl (C=O) groups excluding carboxylic acids is 2. The average molecular weight is 481 g/mol. The van der Waals surface area contributed by atoms with Crippen LogP contribution in [0.2, 0.25) is 0 Å². The van der Waals surface area contributed by atoms with Gasteiger partial charge in [0.25, 0.3) is 5.91 Å². The average Bonchev–Trinajstić information content (AvgIpc) is 3.26. The summed E-state index contributed by atoms with van der Waals surface area (Å²) in [5, 5.41) is 9.99. The molecular weight excluding hydrogens is 447 g/mol. The number of amides is 2. The molecule has 1 fully saturated rings. The van der Waals surface area contributed by atoms with Gasteiger partial charge >= 0.3 is 0 Å². The molecule has 3 aromatic rings. The summed E-state index contributed by atoms with van der Waals surface area (Å²) in [7, 11) is 1.78. The molecule has 35 heavy (non-hydrogen) atoms. The van der Waals surface area contributed by atoms with Crippen molar-refractivity contribution in [2.75, 3.05) is 0 Å². The number of aryl methyl sites for hydroxylation is 3. The molecule has 1 aliphatic rings. The quantitative estimate of drug-likeness (QED) is 0.574. The smallest absolute Gasteiger partial charge is 0.270 e. The first-order valence-corrected chi connectivity index (χ1v) is 11.9. The molecule has 2 aromatic heterocycles. The molecule has 0 spiro atoms. The van der Waals surface area contributed by atoms with E-state index in [0.29, 0.717) is 35.4 Å². The molecule has 186 valence electrons. The number of halogens is 1. The number of rotatable bonds is 5. The van der Waals surface area contributed by atoms with Crippen molar-refractivity contribution in [2.24, 2.45) is 7.05 Å². The highest BCUT2D eigenvalue weighted by Crippen LogP contribution is 2.18. The molecule has 2 heterocycles. The standard InChI is InChI=1S/C18H18FN5O.C8H15NO/c1-11-6-13(4-5-15(11)19)9-20-18(25)16-8-14(7-12(2)22-16)17-21-10-24(3)23-17;1-7(10)9-8-5-3-2-4-6-8/h4-8,10H,9H2,1-3H3,(H,20,25);8H,2-6H2,1H3,(H,9,10). The first-order valence-electron chi connectivity index (χ1n) is 11.9. The van der Waals surface area contributed by atoms with Gasteiger partial charge in [-0.3, -0.25) is 14.3 Å². The first-order chi connectivity index (χ1) is 16.7. The number of nitrogens with one attached hydrogen (secondary N) is 2. The molecule has 9 heteroatoms. The molecule has 2 amide bonds. The van der Waals surface area contributed by atoms with Gasteiger partial charge in [0, 0.05) is 37.8 Å². The highest BCUT2D eigenvalue weighted by molar-refractivity contribution is 5.93. The van der Waals surface area contributed by atoms with Gasteiger partial charge in [-0.1, -0.05) is 31.4 Å². The van der Waals surface area contributed by atoms with E-state index in [1.54, 1.807) is 50.1 Å². The summed E-state index contributed by atoms with van der Waals surface area (Å²) in [4.78, 5) is 31.5. The van der Waals surface area contributed by atoms with E-state index in [9.17, 15) is 14.0 Å². The summed E-state index contributed by atoms with van der Waals surface area (Å²) in [5.41, 5.74) is 3.10. The molecule has 0 atom stereocenters. The van der Waals surface area contributed by atoms with Gasteiger partial charge in [-0.2, -0.15) is 5.10 Å². The Morgan fingerprint density at radius 1 is 1.11 bits per heavy atom. The Labute approximate surface area is 205 Å². The summed E-state index contributed by atoms with van der Waals surface area (Å²) in [5.74, 6) is 0.0916. The van der Waals surface area contributed by atoms with Crippen molar-refractivity contribution < 1.29 is 14.0 Å². The Balaban J connectivity index is 0.000000287. The van der Waals surface area contributed by atoms with Crippen LogP contribution in [-0.4, -0.2) is 37.6 Å². The molecule has 0 unspecified atom stereocenters. The number of nitrogens with zero attached hydrogens (tertiary/aromatic N) is 4. The van der Waals surface area contributed by atoms with Gasteiger partial charge < -0.3 is 10.6 Å². The number of carbonyl (C=O) groups is 2. The molecule has 0 saturated heterocycles. The van der Waals surface area contributed by atoms with Crippen molar-refractivity contribution in [3.63, 3.8) is 0 Å². The third kappa shape index (κ3) is 7.98. The van der Waals surface area contributed by atoms with Gasteiger partial charge in [0.05, 0.1) is 0 Å².